The molecular weight excluding hydrogens is 188 g/mol. The molecule has 0 N–H and O–H groups in total. The maximum Gasteiger partial charge on any atom is 0.309 e. The highest BCUT2D eigenvalue weighted by Gasteiger charge is 1.99. The molecule has 0 heterocycles. The minimum absolute atomic E-state index is 0.225. The maximum atomic E-state index is 11.2. The zero-order valence-electron chi connectivity index (χ0n) is 8.56. The number of ether oxygens (including phenoxy) is 1. The van der Waals surface area contributed by atoms with Gasteiger partial charge in [-0.3, -0.25) is 4.79 Å². The fourth-order valence-electron chi connectivity index (χ4n) is 1.06. The second kappa shape index (κ2) is 6.60. The van der Waals surface area contributed by atoms with Gasteiger partial charge in [-0.1, -0.05) is 55.1 Å². The van der Waals surface area contributed by atoms with Gasteiger partial charge in [0.05, 0.1) is 6.42 Å². The zero-order valence-corrected chi connectivity index (χ0v) is 8.56. The summed E-state index contributed by atoms with van der Waals surface area (Å²) in [6, 6.07) is 9.61. The van der Waals surface area contributed by atoms with Crippen molar-refractivity contribution >= 4 is 5.97 Å². The molecule has 0 amide bonds. The molecule has 1 aromatic carbocycles. The van der Waals surface area contributed by atoms with Gasteiger partial charge in [-0.05, 0) is 5.56 Å². The van der Waals surface area contributed by atoms with Crippen molar-refractivity contribution in [2.75, 3.05) is 0 Å². The molecule has 0 atom stereocenters. The van der Waals surface area contributed by atoms with Crippen LogP contribution in [0.5, 0.6) is 0 Å². The molecule has 0 spiro atoms. The van der Waals surface area contributed by atoms with Crippen LogP contribution < -0.4 is 0 Å². The second-order valence-electron chi connectivity index (χ2n) is 3.01. The molecule has 0 aliphatic heterocycles. The van der Waals surface area contributed by atoms with Crippen molar-refractivity contribution in [3.8, 4) is 0 Å². The van der Waals surface area contributed by atoms with Gasteiger partial charge in [0, 0.05) is 0 Å². The predicted octanol–water partition coefficient (Wildman–Crippen LogP) is 2.86. The number of benzene rings is 1. The van der Waals surface area contributed by atoms with E-state index < -0.39 is 0 Å². The average Bonchev–Trinajstić information content (AvgIpc) is 2.28. The Bertz CT molecular complexity index is 339. The molecule has 15 heavy (non-hydrogen) atoms. The fourth-order valence-corrected chi connectivity index (χ4v) is 1.06. The van der Waals surface area contributed by atoms with Crippen molar-refractivity contribution in [3.05, 3.63) is 60.7 Å². The second-order valence-corrected chi connectivity index (χ2v) is 3.01. The number of esters is 1. The highest BCUT2D eigenvalue weighted by molar-refractivity contribution is 5.71. The van der Waals surface area contributed by atoms with E-state index >= 15 is 0 Å². The minimum atomic E-state index is -0.225. The van der Waals surface area contributed by atoms with Gasteiger partial charge in [0.25, 0.3) is 0 Å². The van der Waals surface area contributed by atoms with Crippen LogP contribution in [0.3, 0.4) is 0 Å². The summed E-state index contributed by atoms with van der Waals surface area (Å²) in [5.74, 6) is -0.225. The number of carbonyl (C=O) groups excluding carboxylic acids is 1. The van der Waals surface area contributed by atoms with Gasteiger partial charge in [-0.15, -0.1) is 0 Å². The molecule has 2 nitrogen and oxygen atoms in total. The summed E-state index contributed by atoms with van der Waals surface area (Å²) in [6.45, 7) is 3.85. The Morgan fingerprint density at radius 1 is 1.33 bits per heavy atom. The molecule has 0 saturated carbocycles. The van der Waals surface area contributed by atoms with E-state index in [9.17, 15) is 4.79 Å². The van der Waals surface area contributed by atoms with Crippen LogP contribution in [0.25, 0.3) is 0 Å². The summed E-state index contributed by atoms with van der Waals surface area (Å²) in [4.78, 5) is 11.2. The lowest BCUT2D eigenvalue weighted by Gasteiger charge is -2.02. The van der Waals surface area contributed by atoms with E-state index in [1.807, 2.05) is 30.3 Å². The Kier molecular flexibility index (Phi) is 4.95. The van der Waals surface area contributed by atoms with Gasteiger partial charge in [0.1, 0.15) is 6.61 Å². The van der Waals surface area contributed by atoms with E-state index in [4.69, 9.17) is 4.74 Å². The molecule has 0 aliphatic rings. The number of hydrogen-bond donors (Lipinski definition) is 0. The summed E-state index contributed by atoms with van der Waals surface area (Å²) in [5.41, 5.74) is 0.999. The van der Waals surface area contributed by atoms with Gasteiger partial charge < -0.3 is 4.74 Å². The highest BCUT2D eigenvalue weighted by atomic mass is 16.5. The fraction of sp³-hybridized carbons (Fsp3) is 0.154. The molecule has 0 fully saturated rings. The highest BCUT2D eigenvalue weighted by Crippen LogP contribution is 2.01. The van der Waals surface area contributed by atoms with E-state index in [0.717, 1.165) is 5.56 Å². The van der Waals surface area contributed by atoms with Crippen molar-refractivity contribution in [1.29, 1.82) is 0 Å². The third-order valence-electron chi connectivity index (χ3n) is 1.80. The lowest BCUT2D eigenvalue weighted by Crippen LogP contribution is -2.02. The van der Waals surface area contributed by atoms with E-state index in [0.29, 0.717) is 13.0 Å². The van der Waals surface area contributed by atoms with Gasteiger partial charge in [0.15, 0.2) is 0 Å². The van der Waals surface area contributed by atoms with Crippen LogP contribution in [-0.2, 0) is 16.1 Å². The largest absolute Gasteiger partial charge is 0.461 e. The van der Waals surface area contributed by atoms with Gasteiger partial charge >= 0.3 is 5.97 Å². The summed E-state index contributed by atoms with van der Waals surface area (Å²) in [6.07, 6.45) is 5.37. The number of rotatable bonds is 5. The molecular formula is C13H14O2. The summed E-state index contributed by atoms with van der Waals surface area (Å²) in [7, 11) is 0. The molecule has 78 valence electrons. The Labute approximate surface area is 89.9 Å². The Hall–Kier alpha value is -1.83. The molecule has 0 saturated heterocycles. The average molecular weight is 202 g/mol. The molecule has 0 bridgehead atoms. The van der Waals surface area contributed by atoms with Crippen LogP contribution in [0.2, 0.25) is 0 Å². The first kappa shape index (κ1) is 11.2. The molecule has 0 unspecified atom stereocenters. The summed E-state index contributed by atoms with van der Waals surface area (Å²) in [5, 5.41) is 0. The molecule has 0 aliphatic carbocycles. The normalized spacial score (nSPS) is 10.1. The maximum absolute atomic E-state index is 11.2. The number of allylic oxidation sites excluding steroid dienone is 2. The van der Waals surface area contributed by atoms with Crippen molar-refractivity contribution in [1.82, 2.24) is 0 Å². The van der Waals surface area contributed by atoms with E-state index in [2.05, 4.69) is 6.58 Å². The minimum Gasteiger partial charge on any atom is -0.461 e. The van der Waals surface area contributed by atoms with Gasteiger partial charge in [-0.2, -0.15) is 0 Å². The van der Waals surface area contributed by atoms with Crippen molar-refractivity contribution in [3.63, 3.8) is 0 Å². The Morgan fingerprint density at radius 2 is 2.07 bits per heavy atom. The first-order valence-corrected chi connectivity index (χ1v) is 4.80. The van der Waals surface area contributed by atoms with Crippen LogP contribution in [0.15, 0.2) is 55.1 Å². The Balaban J connectivity index is 2.28. The van der Waals surface area contributed by atoms with E-state index in [1.54, 1.807) is 18.2 Å². The zero-order chi connectivity index (χ0) is 10.9. The van der Waals surface area contributed by atoms with Crippen LogP contribution in [0.4, 0.5) is 0 Å². The third-order valence-corrected chi connectivity index (χ3v) is 1.80. The number of hydrogen-bond acceptors (Lipinski definition) is 2. The third kappa shape index (κ3) is 4.81. The lowest BCUT2D eigenvalue weighted by atomic mass is 10.2. The van der Waals surface area contributed by atoms with Crippen molar-refractivity contribution < 1.29 is 9.53 Å². The van der Waals surface area contributed by atoms with Crippen LogP contribution >= 0.6 is 0 Å². The van der Waals surface area contributed by atoms with Gasteiger partial charge in [-0.25, -0.2) is 0 Å². The predicted molar refractivity (Wildman–Crippen MR) is 60.2 cm³/mol. The van der Waals surface area contributed by atoms with Gasteiger partial charge in [0.2, 0.25) is 0 Å². The Morgan fingerprint density at radius 3 is 2.73 bits per heavy atom. The van der Waals surface area contributed by atoms with E-state index in [-0.39, 0.29) is 5.97 Å². The standard InChI is InChI=1S/C13H14O2/c1-2-3-5-10-13(14)15-11-12-8-6-4-7-9-12/h2-9H,1,10-11H2. The number of carbonyl (C=O) groups is 1. The summed E-state index contributed by atoms with van der Waals surface area (Å²) >= 11 is 0. The molecule has 2 heteroatoms. The van der Waals surface area contributed by atoms with E-state index in [1.165, 1.54) is 0 Å². The first-order chi connectivity index (χ1) is 7.33. The first-order valence-electron chi connectivity index (χ1n) is 4.80. The summed E-state index contributed by atoms with van der Waals surface area (Å²) < 4.78 is 5.05. The monoisotopic (exact) mass is 202 g/mol. The SMILES string of the molecule is C=CC=CCC(=O)OCc1ccccc1. The van der Waals surface area contributed by atoms with Crippen LogP contribution in [-0.4, -0.2) is 5.97 Å². The van der Waals surface area contributed by atoms with Crippen LogP contribution in [0, 0.1) is 0 Å². The topological polar surface area (TPSA) is 26.3 Å². The smallest absolute Gasteiger partial charge is 0.309 e. The lowest BCUT2D eigenvalue weighted by molar-refractivity contribution is -0.143. The molecule has 0 radical (unpaired) electrons. The molecule has 1 aromatic rings. The van der Waals surface area contributed by atoms with Crippen molar-refractivity contribution in [2.24, 2.45) is 0 Å². The van der Waals surface area contributed by atoms with Crippen molar-refractivity contribution in [2.45, 2.75) is 13.0 Å². The van der Waals surface area contributed by atoms with Crippen LogP contribution in [0.1, 0.15) is 12.0 Å². The quantitative estimate of drug-likeness (QED) is 0.542. The molecule has 0 aromatic heterocycles. The molecule has 1 rings (SSSR count).